The standard InChI is InChI=1S/C12H22/c1-6(2)7(3)10-8(4)11-9(5)12(10)11/h6-12H,1-5H3. The Hall–Kier alpha value is 0. The van der Waals surface area contributed by atoms with E-state index in [0.717, 1.165) is 41.4 Å². The largest absolute Gasteiger partial charge is 0.0625 e. The molecule has 2 fully saturated rings. The van der Waals surface area contributed by atoms with E-state index in [1.54, 1.807) is 0 Å². The van der Waals surface area contributed by atoms with Crippen LogP contribution in [0, 0.1) is 41.4 Å². The van der Waals surface area contributed by atoms with Crippen LogP contribution in [0.25, 0.3) is 0 Å². The maximum Gasteiger partial charge on any atom is -0.0318 e. The minimum atomic E-state index is 0.881. The molecule has 0 spiro atoms. The second-order valence-electron chi connectivity index (χ2n) is 5.55. The summed E-state index contributed by atoms with van der Waals surface area (Å²) in [5.74, 6) is 7.23. The van der Waals surface area contributed by atoms with Crippen molar-refractivity contribution in [2.24, 2.45) is 41.4 Å². The lowest BCUT2D eigenvalue weighted by Gasteiger charge is -2.39. The van der Waals surface area contributed by atoms with E-state index in [1.807, 2.05) is 0 Å². The van der Waals surface area contributed by atoms with Crippen molar-refractivity contribution in [1.29, 1.82) is 0 Å². The molecule has 6 unspecified atom stereocenters. The van der Waals surface area contributed by atoms with E-state index >= 15 is 0 Å². The Morgan fingerprint density at radius 1 is 0.833 bits per heavy atom. The molecule has 12 heavy (non-hydrogen) atoms. The van der Waals surface area contributed by atoms with Gasteiger partial charge in [0.25, 0.3) is 0 Å². The molecule has 2 aliphatic rings. The van der Waals surface area contributed by atoms with Gasteiger partial charge in [-0.3, -0.25) is 0 Å². The maximum absolute atomic E-state index is 2.47. The van der Waals surface area contributed by atoms with Gasteiger partial charge in [-0.25, -0.2) is 0 Å². The molecule has 0 saturated heterocycles. The Kier molecular flexibility index (Phi) is 1.79. The molecular weight excluding hydrogens is 144 g/mol. The van der Waals surface area contributed by atoms with E-state index in [9.17, 15) is 0 Å². The molecular formula is C12H22. The van der Waals surface area contributed by atoms with Crippen LogP contribution in [-0.2, 0) is 0 Å². The van der Waals surface area contributed by atoms with Crippen LogP contribution >= 0.6 is 0 Å². The summed E-state index contributed by atoms with van der Waals surface area (Å²) in [5.41, 5.74) is 0. The van der Waals surface area contributed by atoms with Crippen molar-refractivity contribution in [3.05, 3.63) is 0 Å². The summed E-state index contributed by atoms with van der Waals surface area (Å²) in [6.07, 6.45) is 0. The van der Waals surface area contributed by atoms with Gasteiger partial charge < -0.3 is 0 Å². The summed E-state index contributed by atoms with van der Waals surface area (Å²) in [6.45, 7) is 12.1. The number of rotatable bonds is 2. The van der Waals surface area contributed by atoms with Gasteiger partial charge in [0.05, 0.1) is 0 Å². The zero-order chi connectivity index (χ0) is 9.04. The highest BCUT2D eigenvalue weighted by Crippen LogP contribution is 2.70. The average molecular weight is 166 g/mol. The first-order valence-corrected chi connectivity index (χ1v) is 5.55. The summed E-state index contributed by atoms with van der Waals surface area (Å²) in [6, 6.07) is 0. The SMILES string of the molecule is CC(C)C(C)C1C(C)C2C(C)C12. The minimum Gasteiger partial charge on any atom is -0.0625 e. The van der Waals surface area contributed by atoms with E-state index in [0.29, 0.717) is 0 Å². The van der Waals surface area contributed by atoms with Gasteiger partial charge in [0, 0.05) is 0 Å². The van der Waals surface area contributed by atoms with Gasteiger partial charge in [-0.15, -0.1) is 0 Å². The van der Waals surface area contributed by atoms with Crippen molar-refractivity contribution in [1.82, 2.24) is 0 Å². The monoisotopic (exact) mass is 166 g/mol. The minimum absolute atomic E-state index is 0.881. The van der Waals surface area contributed by atoms with Crippen molar-refractivity contribution in [3.63, 3.8) is 0 Å². The molecule has 0 aromatic heterocycles. The fourth-order valence-electron chi connectivity index (χ4n) is 3.70. The summed E-state index contributed by atoms with van der Waals surface area (Å²) >= 11 is 0. The lowest BCUT2D eigenvalue weighted by molar-refractivity contribution is 0.0833. The molecule has 70 valence electrons. The molecule has 0 heteroatoms. The fourth-order valence-corrected chi connectivity index (χ4v) is 3.70. The molecule has 2 aliphatic carbocycles. The van der Waals surface area contributed by atoms with Gasteiger partial charge in [-0.05, 0) is 41.4 Å². The molecule has 0 N–H and O–H groups in total. The lowest BCUT2D eigenvalue weighted by atomic mass is 9.66. The fraction of sp³-hybridized carbons (Fsp3) is 1.00. The third-order valence-electron chi connectivity index (χ3n) is 4.84. The molecule has 0 radical (unpaired) electrons. The summed E-state index contributed by atoms with van der Waals surface area (Å²) in [4.78, 5) is 0. The second kappa shape index (κ2) is 2.49. The van der Waals surface area contributed by atoms with Crippen LogP contribution in [0.2, 0.25) is 0 Å². The molecule has 2 saturated carbocycles. The quantitative estimate of drug-likeness (QED) is 0.589. The summed E-state index contributed by atoms with van der Waals surface area (Å²) in [7, 11) is 0. The molecule has 0 amide bonds. The predicted molar refractivity (Wildman–Crippen MR) is 52.8 cm³/mol. The zero-order valence-electron chi connectivity index (χ0n) is 9.04. The van der Waals surface area contributed by atoms with Crippen molar-refractivity contribution < 1.29 is 0 Å². The molecule has 0 heterocycles. The Labute approximate surface area is 76.7 Å². The van der Waals surface area contributed by atoms with Gasteiger partial charge in [0.2, 0.25) is 0 Å². The van der Waals surface area contributed by atoms with Gasteiger partial charge in [-0.2, -0.15) is 0 Å². The normalized spacial score (nSPS) is 53.0. The van der Waals surface area contributed by atoms with Crippen molar-refractivity contribution >= 4 is 0 Å². The first-order valence-electron chi connectivity index (χ1n) is 5.55. The summed E-state index contributed by atoms with van der Waals surface area (Å²) in [5, 5.41) is 0. The van der Waals surface area contributed by atoms with Crippen LogP contribution in [0.1, 0.15) is 34.6 Å². The van der Waals surface area contributed by atoms with Gasteiger partial charge in [0.15, 0.2) is 0 Å². The van der Waals surface area contributed by atoms with E-state index < -0.39 is 0 Å². The van der Waals surface area contributed by atoms with Crippen molar-refractivity contribution in [2.75, 3.05) is 0 Å². The Balaban J connectivity index is 1.98. The number of fused-ring (bicyclic) bond motifs is 1. The highest BCUT2D eigenvalue weighted by molar-refractivity contribution is 5.13. The molecule has 0 nitrogen and oxygen atoms in total. The van der Waals surface area contributed by atoms with Crippen LogP contribution in [0.4, 0.5) is 0 Å². The lowest BCUT2D eigenvalue weighted by Crippen LogP contribution is -2.34. The van der Waals surface area contributed by atoms with E-state index in [1.165, 1.54) is 0 Å². The van der Waals surface area contributed by atoms with Crippen LogP contribution in [0.5, 0.6) is 0 Å². The summed E-state index contributed by atoms with van der Waals surface area (Å²) < 4.78 is 0. The first kappa shape index (κ1) is 8.59. The molecule has 0 aromatic rings. The Bertz CT molecular complexity index is 176. The third-order valence-corrected chi connectivity index (χ3v) is 4.84. The Morgan fingerprint density at radius 2 is 1.42 bits per heavy atom. The van der Waals surface area contributed by atoms with Crippen LogP contribution in [-0.4, -0.2) is 0 Å². The molecule has 2 rings (SSSR count). The Morgan fingerprint density at radius 3 is 1.75 bits per heavy atom. The number of hydrogen-bond donors (Lipinski definition) is 0. The molecule has 0 aromatic carbocycles. The van der Waals surface area contributed by atoms with Gasteiger partial charge in [0.1, 0.15) is 0 Å². The first-order chi connectivity index (χ1) is 5.55. The molecule has 0 aliphatic heterocycles. The van der Waals surface area contributed by atoms with E-state index in [2.05, 4.69) is 34.6 Å². The zero-order valence-corrected chi connectivity index (χ0v) is 9.04. The predicted octanol–water partition coefficient (Wildman–Crippen LogP) is 3.43. The van der Waals surface area contributed by atoms with E-state index in [4.69, 9.17) is 0 Å². The topological polar surface area (TPSA) is 0 Å². The van der Waals surface area contributed by atoms with Crippen LogP contribution in [0.3, 0.4) is 0 Å². The van der Waals surface area contributed by atoms with Crippen LogP contribution in [0.15, 0.2) is 0 Å². The van der Waals surface area contributed by atoms with Crippen molar-refractivity contribution in [2.45, 2.75) is 34.6 Å². The number of hydrogen-bond acceptors (Lipinski definition) is 0. The van der Waals surface area contributed by atoms with Crippen LogP contribution < -0.4 is 0 Å². The van der Waals surface area contributed by atoms with Gasteiger partial charge >= 0.3 is 0 Å². The molecule has 6 atom stereocenters. The van der Waals surface area contributed by atoms with Gasteiger partial charge in [-0.1, -0.05) is 34.6 Å². The average Bonchev–Trinajstić information content (AvgIpc) is 2.55. The third kappa shape index (κ3) is 0.900. The molecule has 0 bridgehead atoms. The highest BCUT2D eigenvalue weighted by atomic mass is 14.7. The maximum atomic E-state index is 2.47. The second-order valence-corrected chi connectivity index (χ2v) is 5.55. The smallest absolute Gasteiger partial charge is 0.0318 e. The highest BCUT2D eigenvalue weighted by Gasteiger charge is 2.65. The van der Waals surface area contributed by atoms with Crippen molar-refractivity contribution in [3.8, 4) is 0 Å². The van der Waals surface area contributed by atoms with E-state index in [-0.39, 0.29) is 0 Å².